The number of hydrogen-bond donors (Lipinski definition) is 1. The number of hydrogen-bond acceptors (Lipinski definition) is 3. The molecule has 0 spiro atoms. The van der Waals surface area contributed by atoms with Crippen LogP contribution in [0.15, 0.2) is 18.2 Å². The van der Waals surface area contributed by atoms with Gasteiger partial charge >= 0.3 is 0 Å². The summed E-state index contributed by atoms with van der Waals surface area (Å²) in [5.74, 6) is 0.376. The molecule has 0 saturated carbocycles. The zero-order valence-electron chi connectivity index (χ0n) is 9.99. The second-order valence-corrected chi connectivity index (χ2v) is 4.43. The summed E-state index contributed by atoms with van der Waals surface area (Å²) >= 11 is 0. The van der Waals surface area contributed by atoms with Crippen LogP contribution < -0.4 is 10.5 Å². The van der Waals surface area contributed by atoms with Crippen LogP contribution in [0.5, 0.6) is 5.75 Å². The van der Waals surface area contributed by atoms with Gasteiger partial charge < -0.3 is 15.2 Å². The minimum Gasteiger partial charge on any atom is -0.488 e. The van der Waals surface area contributed by atoms with E-state index in [4.69, 9.17) is 15.2 Å². The molecule has 1 aromatic carbocycles. The Hall–Kier alpha value is -1.13. The molecule has 2 N–H and O–H groups in total. The van der Waals surface area contributed by atoms with Gasteiger partial charge in [0.25, 0.3) is 0 Å². The van der Waals surface area contributed by atoms with Crippen molar-refractivity contribution >= 4 is 0 Å². The Morgan fingerprint density at radius 1 is 1.53 bits per heavy atom. The molecular weight excluding hydrogens is 221 g/mol. The van der Waals surface area contributed by atoms with E-state index in [-0.39, 0.29) is 18.0 Å². The van der Waals surface area contributed by atoms with E-state index < -0.39 is 0 Å². The smallest absolute Gasteiger partial charge is 0.124 e. The minimum atomic E-state index is -0.287. The highest BCUT2D eigenvalue weighted by atomic mass is 19.1. The van der Waals surface area contributed by atoms with Gasteiger partial charge in [0.1, 0.15) is 17.7 Å². The van der Waals surface area contributed by atoms with Crippen molar-refractivity contribution in [3.05, 3.63) is 29.6 Å². The third kappa shape index (κ3) is 3.17. The van der Waals surface area contributed by atoms with Gasteiger partial charge in [0.15, 0.2) is 0 Å². The van der Waals surface area contributed by atoms with Crippen LogP contribution in [-0.2, 0) is 4.74 Å². The standard InChI is InChI=1S/C13H18FNO2/c1-9(15)12-7-10(14)4-5-13(12)17-11-3-2-6-16-8-11/h4-5,7,9,11H,2-3,6,8,15H2,1H3. The van der Waals surface area contributed by atoms with E-state index in [1.54, 1.807) is 6.07 Å². The largest absolute Gasteiger partial charge is 0.488 e. The molecule has 0 bridgehead atoms. The molecule has 4 heteroatoms. The average Bonchev–Trinajstić information content (AvgIpc) is 2.32. The van der Waals surface area contributed by atoms with Crippen LogP contribution in [0.1, 0.15) is 31.4 Å². The molecule has 1 aromatic rings. The summed E-state index contributed by atoms with van der Waals surface area (Å²) in [5.41, 5.74) is 6.51. The molecule has 0 amide bonds. The minimum absolute atomic E-state index is 0.0479. The van der Waals surface area contributed by atoms with Gasteiger partial charge in [-0.05, 0) is 38.0 Å². The fraction of sp³-hybridized carbons (Fsp3) is 0.538. The molecular formula is C13H18FNO2. The first-order valence-electron chi connectivity index (χ1n) is 5.96. The molecule has 1 heterocycles. The van der Waals surface area contributed by atoms with Crippen LogP contribution in [0.25, 0.3) is 0 Å². The predicted molar refractivity (Wildman–Crippen MR) is 63.5 cm³/mol. The first-order chi connectivity index (χ1) is 8.16. The van der Waals surface area contributed by atoms with Crippen molar-refractivity contribution in [2.45, 2.75) is 31.9 Å². The average molecular weight is 239 g/mol. The number of halogens is 1. The Morgan fingerprint density at radius 2 is 2.35 bits per heavy atom. The van der Waals surface area contributed by atoms with Crippen molar-refractivity contribution in [1.82, 2.24) is 0 Å². The maximum absolute atomic E-state index is 13.2. The van der Waals surface area contributed by atoms with Gasteiger partial charge in [-0.15, -0.1) is 0 Å². The zero-order valence-corrected chi connectivity index (χ0v) is 9.99. The summed E-state index contributed by atoms with van der Waals surface area (Å²) in [4.78, 5) is 0. The highest BCUT2D eigenvalue weighted by Gasteiger charge is 2.18. The number of benzene rings is 1. The van der Waals surface area contributed by atoms with Gasteiger partial charge in [-0.1, -0.05) is 0 Å². The molecule has 1 aliphatic heterocycles. The summed E-state index contributed by atoms with van der Waals surface area (Å²) in [5, 5.41) is 0. The van der Waals surface area contributed by atoms with Gasteiger partial charge in [0.05, 0.1) is 6.61 Å². The van der Waals surface area contributed by atoms with Crippen LogP contribution in [0.3, 0.4) is 0 Å². The summed E-state index contributed by atoms with van der Waals surface area (Å²) in [6.45, 7) is 3.21. The quantitative estimate of drug-likeness (QED) is 0.881. The fourth-order valence-electron chi connectivity index (χ4n) is 1.97. The molecule has 94 valence electrons. The van der Waals surface area contributed by atoms with E-state index in [0.29, 0.717) is 17.9 Å². The van der Waals surface area contributed by atoms with E-state index in [9.17, 15) is 4.39 Å². The summed E-state index contributed by atoms with van der Waals surface area (Å²) < 4.78 is 24.3. The van der Waals surface area contributed by atoms with Crippen molar-refractivity contribution in [2.75, 3.05) is 13.2 Å². The van der Waals surface area contributed by atoms with Crippen molar-refractivity contribution in [2.24, 2.45) is 5.73 Å². The Labute approximate surface area is 101 Å². The Kier molecular flexibility index (Phi) is 3.97. The van der Waals surface area contributed by atoms with Gasteiger partial charge in [0, 0.05) is 18.2 Å². The summed E-state index contributed by atoms with van der Waals surface area (Å²) in [6.07, 6.45) is 2.02. The highest BCUT2D eigenvalue weighted by Crippen LogP contribution is 2.27. The summed E-state index contributed by atoms with van der Waals surface area (Å²) in [7, 11) is 0. The molecule has 2 rings (SSSR count). The van der Waals surface area contributed by atoms with Gasteiger partial charge in [-0.3, -0.25) is 0 Å². The molecule has 0 aliphatic carbocycles. The summed E-state index contributed by atoms with van der Waals surface area (Å²) in [6, 6.07) is 4.22. The number of rotatable bonds is 3. The second kappa shape index (κ2) is 5.47. The lowest BCUT2D eigenvalue weighted by Crippen LogP contribution is -2.28. The van der Waals surface area contributed by atoms with Gasteiger partial charge in [0.2, 0.25) is 0 Å². The van der Waals surface area contributed by atoms with E-state index in [1.165, 1.54) is 12.1 Å². The normalized spacial score (nSPS) is 22.2. The van der Waals surface area contributed by atoms with Crippen molar-refractivity contribution < 1.29 is 13.9 Å². The lowest BCUT2D eigenvalue weighted by Gasteiger charge is -2.25. The first-order valence-corrected chi connectivity index (χ1v) is 5.96. The van der Waals surface area contributed by atoms with Crippen LogP contribution in [0.4, 0.5) is 4.39 Å². The fourth-order valence-corrected chi connectivity index (χ4v) is 1.97. The maximum atomic E-state index is 13.2. The Morgan fingerprint density at radius 3 is 3.00 bits per heavy atom. The van der Waals surface area contributed by atoms with Gasteiger partial charge in [-0.2, -0.15) is 0 Å². The van der Waals surface area contributed by atoms with Crippen molar-refractivity contribution in [3.63, 3.8) is 0 Å². The van der Waals surface area contributed by atoms with Crippen molar-refractivity contribution in [1.29, 1.82) is 0 Å². The maximum Gasteiger partial charge on any atom is 0.124 e. The molecule has 1 fully saturated rings. The first kappa shape index (κ1) is 12.3. The molecule has 1 aliphatic rings. The molecule has 1 saturated heterocycles. The zero-order chi connectivity index (χ0) is 12.3. The van der Waals surface area contributed by atoms with E-state index in [2.05, 4.69) is 0 Å². The monoisotopic (exact) mass is 239 g/mol. The Balaban J connectivity index is 2.13. The van der Waals surface area contributed by atoms with Crippen LogP contribution in [0.2, 0.25) is 0 Å². The van der Waals surface area contributed by atoms with E-state index in [0.717, 1.165) is 19.4 Å². The third-order valence-corrected chi connectivity index (χ3v) is 2.87. The highest BCUT2D eigenvalue weighted by molar-refractivity contribution is 5.36. The molecule has 2 atom stereocenters. The van der Waals surface area contributed by atoms with Gasteiger partial charge in [-0.25, -0.2) is 4.39 Å². The van der Waals surface area contributed by atoms with Crippen LogP contribution >= 0.6 is 0 Å². The van der Waals surface area contributed by atoms with E-state index >= 15 is 0 Å². The number of nitrogens with two attached hydrogens (primary N) is 1. The number of ether oxygens (including phenoxy) is 2. The van der Waals surface area contributed by atoms with Crippen LogP contribution in [0, 0.1) is 5.82 Å². The van der Waals surface area contributed by atoms with Crippen molar-refractivity contribution in [3.8, 4) is 5.75 Å². The lowest BCUT2D eigenvalue weighted by atomic mass is 10.1. The molecule has 0 aromatic heterocycles. The molecule has 2 unspecified atom stereocenters. The Bertz CT molecular complexity index is 376. The second-order valence-electron chi connectivity index (χ2n) is 4.43. The lowest BCUT2D eigenvalue weighted by molar-refractivity contribution is 0.00690. The topological polar surface area (TPSA) is 44.5 Å². The van der Waals surface area contributed by atoms with Crippen LogP contribution in [-0.4, -0.2) is 19.3 Å². The third-order valence-electron chi connectivity index (χ3n) is 2.87. The van der Waals surface area contributed by atoms with E-state index in [1.807, 2.05) is 6.92 Å². The SMILES string of the molecule is CC(N)c1cc(F)ccc1OC1CCCOC1. The molecule has 3 nitrogen and oxygen atoms in total. The molecule has 17 heavy (non-hydrogen) atoms. The predicted octanol–water partition coefficient (Wildman–Crippen LogP) is 2.40. The molecule has 0 radical (unpaired) electrons.